The monoisotopic (exact) mass is 259 g/mol. The van der Waals surface area contributed by atoms with Crippen LogP contribution in [0.2, 0.25) is 0 Å². The summed E-state index contributed by atoms with van der Waals surface area (Å²) < 4.78 is 11.9. The van der Waals surface area contributed by atoms with E-state index in [0.717, 1.165) is 25.9 Å². The van der Waals surface area contributed by atoms with Crippen LogP contribution in [0.3, 0.4) is 0 Å². The molecule has 0 spiro atoms. The second-order valence-electron chi connectivity index (χ2n) is 3.86. The average molecular weight is 260 g/mol. The largest absolute Gasteiger partial charge is 0.459 e. The molecule has 1 aromatic rings. The third kappa shape index (κ3) is 2.30. The lowest BCUT2D eigenvalue weighted by Gasteiger charge is -2.33. The highest BCUT2D eigenvalue weighted by Gasteiger charge is 2.29. The third-order valence-electron chi connectivity index (χ3n) is 2.56. The van der Waals surface area contributed by atoms with Gasteiger partial charge in [0.1, 0.15) is 5.60 Å². The molecule has 2 rings (SSSR count). The predicted octanol–water partition coefficient (Wildman–Crippen LogP) is 2.56. The number of rotatable bonds is 2. The van der Waals surface area contributed by atoms with Crippen LogP contribution in [-0.4, -0.2) is 18.7 Å². The van der Waals surface area contributed by atoms with Gasteiger partial charge < -0.3 is 14.5 Å². The molecule has 0 saturated carbocycles. The molecule has 0 atom stereocenters. The van der Waals surface area contributed by atoms with Crippen molar-refractivity contribution in [2.24, 2.45) is 0 Å². The molecule has 1 aliphatic heterocycles. The van der Waals surface area contributed by atoms with Crippen molar-refractivity contribution in [2.45, 2.75) is 25.4 Å². The number of halogens is 1. The molecular weight excluding hydrogens is 246 g/mol. The summed E-state index contributed by atoms with van der Waals surface area (Å²) in [6.45, 7) is 4.15. The van der Waals surface area contributed by atoms with Crippen LogP contribution in [0.1, 0.15) is 19.8 Å². The third-order valence-corrected chi connectivity index (χ3v) is 2.98. The van der Waals surface area contributed by atoms with E-state index in [1.165, 1.54) is 0 Å². The maximum absolute atomic E-state index is 5.83. The van der Waals surface area contributed by atoms with Crippen molar-refractivity contribution in [3.63, 3.8) is 0 Å². The van der Waals surface area contributed by atoms with Crippen molar-refractivity contribution in [1.29, 1.82) is 0 Å². The summed E-state index contributed by atoms with van der Waals surface area (Å²) in [4.78, 5) is 0. The van der Waals surface area contributed by atoms with Crippen molar-refractivity contribution in [3.05, 3.63) is 16.8 Å². The molecule has 1 aromatic heterocycles. The lowest BCUT2D eigenvalue weighted by atomic mass is 9.95. The number of hydrogen-bond donors (Lipinski definition) is 1. The van der Waals surface area contributed by atoms with E-state index in [0.29, 0.717) is 10.6 Å². The van der Waals surface area contributed by atoms with E-state index in [1.54, 1.807) is 0 Å². The first-order valence-electron chi connectivity index (χ1n) is 4.83. The van der Waals surface area contributed by atoms with E-state index < -0.39 is 0 Å². The molecule has 78 valence electrons. The molecule has 3 nitrogen and oxygen atoms in total. The van der Waals surface area contributed by atoms with Crippen LogP contribution in [0.15, 0.2) is 21.2 Å². The molecule has 0 aromatic carbocycles. The predicted molar refractivity (Wildman–Crippen MR) is 57.5 cm³/mol. The fourth-order valence-electron chi connectivity index (χ4n) is 1.65. The van der Waals surface area contributed by atoms with Gasteiger partial charge in [-0.2, -0.15) is 0 Å². The topological polar surface area (TPSA) is 34.4 Å². The molecule has 1 saturated heterocycles. The Hall–Kier alpha value is -0.480. The van der Waals surface area contributed by atoms with Gasteiger partial charge in [-0.1, -0.05) is 0 Å². The second kappa shape index (κ2) is 3.95. The van der Waals surface area contributed by atoms with Gasteiger partial charge >= 0.3 is 0 Å². The fraction of sp³-hybridized carbons (Fsp3) is 0.600. The van der Waals surface area contributed by atoms with Crippen LogP contribution < -0.4 is 10.1 Å². The van der Waals surface area contributed by atoms with Gasteiger partial charge in [0.25, 0.3) is 5.95 Å². The highest BCUT2D eigenvalue weighted by Crippen LogP contribution is 2.28. The van der Waals surface area contributed by atoms with E-state index in [-0.39, 0.29) is 5.60 Å². The zero-order valence-corrected chi connectivity index (χ0v) is 9.76. The summed E-state index contributed by atoms with van der Waals surface area (Å²) in [5.41, 5.74) is -0.0808. The molecule has 0 amide bonds. The number of hydrogen-bond acceptors (Lipinski definition) is 3. The molecule has 4 heteroatoms. The molecule has 0 radical (unpaired) electrons. The maximum atomic E-state index is 5.83. The zero-order valence-electron chi connectivity index (χ0n) is 8.18. The van der Waals surface area contributed by atoms with Crippen LogP contribution in [-0.2, 0) is 0 Å². The summed E-state index contributed by atoms with van der Waals surface area (Å²) in [6.07, 6.45) is 2.04. The van der Waals surface area contributed by atoms with Gasteiger partial charge in [-0.3, -0.25) is 0 Å². The van der Waals surface area contributed by atoms with Crippen molar-refractivity contribution < 1.29 is 9.15 Å². The Morgan fingerprint density at radius 3 is 2.71 bits per heavy atom. The van der Waals surface area contributed by atoms with Crippen LogP contribution >= 0.6 is 15.9 Å². The quantitative estimate of drug-likeness (QED) is 0.887. The number of furan rings is 1. The van der Waals surface area contributed by atoms with Crippen LogP contribution in [0, 0.1) is 0 Å². The first-order chi connectivity index (χ1) is 6.68. The van der Waals surface area contributed by atoms with Gasteiger partial charge in [-0.15, -0.1) is 0 Å². The molecule has 0 unspecified atom stereocenters. The fourth-order valence-corrected chi connectivity index (χ4v) is 1.94. The van der Waals surface area contributed by atoms with Crippen molar-refractivity contribution in [2.75, 3.05) is 13.1 Å². The van der Waals surface area contributed by atoms with Crippen LogP contribution in [0.4, 0.5) is 0 Å². The minimum Gasteiger partial charge on any atom is -0.459 e. The van der Waals surface area contributed by atoms with Gasteiger partial charge in [0.05, 0.1) is 0 Å². The van der Waals surface area contributed by atoms with E-state index in [4.69, 9.17) is 9.15 Å². The highest BCUT2D eigenvalue weighted by atomic mass is 79.9. The summed E-state index contributed by atoms with van der Waals surface area (Å²) in [7, 11) is 0. The van der Waals surface area contributed by atoms with Gasteiger partial charge in [-0.05, 0) is 54.9 Å². The molecule has 0 bridgehead atoms. The van der Waals surface area contributed by atoms with E-state index in [9.17, 15) is 0 Å². The molecule has 2 heterocycles. The SMILES string of the molecule is CC1(Oc2ccc(Br)o2)CCNCC1. The standard InChI is InChI=1S/C10H14BrNO2/c1-10(4-6-12-7-5-10)14-9-3-2-8(11)13-9/h2-3,12H,4-7H2,1H3. The normalized spacial score (nSPS) is 20.7. The van der Waals surface area contributed by atoms with E-state index >= 15 is 0 Å². The molecule has 0 aliphatic carbocycles. The van der Waals surface area contributed by atoms with Crippen molar-refractivity contribution in [1.82, 2.24) is 5.32 Å². The number of ether oxygens (including phenoxy) is 1. The average Bonchev–Trinajstić information content (AvgIpc) is 2.51. The highest BCUT2D eigenvalue weighted by molar-refractivity contribution is 9.10. The summed E-state index contributed by atoms with van der Waals surface area (Å²) >= 11 is 3.26. The summed E-state index contributed by atoms with van der Waals surface area (Å²) in [5, 5.41) is 3.31. The molecule has 1 N–H and O–H groups in total. The lowest BCUT2D eigenvalue weighted by Crippen LogP contribution is -2.43. The minimum atomic E-state index is -0.0808. The zero-order chi connectivity index (χ0) is 10.0. The minimum absolute atomic E-state index is 0.0808. The summed E-state index contributed by atoms with van der Waals surface area (Å²) in [6, 6.07) is 3.69. The van der Waals surface area contributed by atoms with Gasteiger partial charge in [0, 0.05) is 6.07 Å². The molecular formula is C10H14BrNO2. The number of nitrogens with one attached hydrogen (secondary N) is 1. The van der Waals surface area contributed by atoms with Gasteiger partial charge in [-0.25, -0.2) is 0 Å². The molecule has 1 aliphatic rings. The first kappa shape index (κ1) is 10.1. The van der Waals surface area contributed by atoms with Gasteiger partial charge in [0.15, 0.2) is 4.67 Å². The Morgan fingerprint density at radius 2 is 2.14 bits per heavy atom. The molecule has 14 heavy (non-hydrogen) atoms. The second-order valence-corrected chi connectivity index (χ2v) is 4.64. The maximum Gasteiger partial charge on any atom is 0.285 e. The Bertz CT molecular complexity index is 305. The Balaban J connectivity index is 2.01. The Morgan fingerprint density at radius 1 is 1.43 bits per heavy atom. The van der Waals surface area contributed by atoms with Crippen LogP contribution in [0.25, 0.3) is 0 Å². The van der Waals surface area contributed by atoms with E-state index in [1.807, 2.05) is 12.1 Å². The molecule has 1 fully saturated rings. The van der Waals surface area contributed by atoms with Gasteiger partial charge in [0.2, 0.25) is 0 Å². The first-order valence-corrected chi connectivity index (χ1v) is 5.62. The Kier molecular flexibility index (Phi) is 2.83. The Labute approximate surface area is 91.9 Å². The van der Waals surface area contributed by atoms with Crippen molar-refractivity contribution >= 4 is 15.9 Å². The summed E-state index contributed by atoms with van der Waals surface area (Å²) in [5.74, 6) is 0.598. The smallest absolute Gasteiger partial charge is 0.285 e. The lowest BCUT2D eigenvalue weighted by molar-refractivity contribution is 0.0309. The van der Waals surface area contributed by atoms with Crippen LogP contribution in [0.5, 0.6) is 5.95 Å². The van der Waals surface area contributed by atoms with E-state index in [2.05, 4.69) is 28.2 Å². The van der Waals surface area contributed by atoms with Crippen molar-refractivity contribution in [3.8, 4) is 5.95 Å². The number of piperidine rings is 1.